The number of methoxy groups -OCH3 is 1. The molecule has 0 atom stereocenters. The van der Waals surface area contributed by atoms with Gasteiger partial charge in [-0.25, -0.2) is 4.98 Å². The van der Waals surface area contributed by atoms with Crippen molar-refractivity contribution in [2.24, 2.45) is 7.05 Å². The first kappa shape index (κ1) is 13.1. The fourth-order valence-corrected chi connectivity index (χ4v) is 2.41. The number of hydrogen-bond acceptors (Lipinski definition) is 2. The van der Waals surface area contributed by atoms with Gasteiger partial charge in [0.1, 0.15) is 16.2 Å². The van der Waals surface area contributed by atoms with Crippen LogP contribution in [0.2, 0.25) is 0 Å². The van der Waals surface area contributed by atoms with E-state index < -0.39 is 0 Å². The van der Waals surface area contributed by atoms with E-state index in [-0.39, 0.29) is 0 Å². The Labute approximate surface area is 116 Å². The number of nitrogens with zero attached hydrogens (tertiary/aromatic N) is 2. The van der Waals surface area contributed by atoms with Crippen molar-refractivity contribution in [2.45, 2.75) is 19.8 Å². The first-order chi connectivity index (χ1) is 8.61. The van der Waals surface area contributed by atoms with Gasteiger partial charge in [-0.1, -0.05) is 12.1 Å². The quantitative estimate of drug-likeness (QED) is 0.866. The molecule has 4 heteroatoms. The maximum Gasteiger partial charge on any atom is 0.118 e. The fourth-order valence-electron chi connectivity index (χ4n) is 1.87. The predicted molar refractivity (Wildman–Crippen MR) is 76.0 cm³/mol. The van der Waals surface area contributed by atoms with Crippen LogP contribution >= 0.6 is 15.9 Å². The summed E-state index contributed by atoms with van der Waals surface area (Å²) in [5, 5.41) is 0. The summed E-state index contributed by atoms with van der Waals surface area (Å²) in [5.74, 6) is 1.93. The minimum atomic E-state index is 0.897. The number of hydrogen-bond donors (Lipinski definition) is 0. The van der Waals surface area contributed by atoms with E-state index in [0.29, 0.717) is 0 Å². The van der Waals surface area contributed by atoms with Gasteiger partial charge in [0, 0.05) is 7.05 Å². The van der Waals surface area contributed by atoms with Gasteiger partial charge in [-0.15, -0.1) is 0 Å². The lowest BCUT2D eigenvalue weighted by Gasteiger charge is -2.03. The van der Waals surface area contributed by atoms with Crippen LogP contribution in [0.4, 0.5) is 0 Å². The van der Waals surface area contributed by atoms with Crippen LogP contribution in [0.1, 0.15) is 17.1 Å². The van der Waals surface area contributed by atoms with Gasteiger partial charge in [-0.05, 0) is 53.4 Å². The van der Waals surface area contributed by atoms with E-state index in [1.165, 1.54) is 5.56 Å². The van der Waals surface area contributed by atoms with Crippen LogP contribution in [0, 0.1) is 6.92 Å². The van der Waals surface area contributed by atoms with Crippen molar-refractivity contribution in [3.8, 4) is 5.75 Å². The average molecular weight is 309 g/mol. The molecule has 2 rings (SSSR count). The van der Waals surface area contributed by atoms with Gasteiger partial charge in [0.25, 0.3) is 0 Å². The van der Waals surface area contributed by atoms with Crippen molar-refractivity contribution >= 4 is 15.9 Å². The van der Waals surface area contributed by atoms with Gasteiger partial charge in [-0.2, -0.15) is 0 Å². The molecule has 0 bridgehead atoms. The van der Waals surface area contributed by atoms with Gasteiger partial charge in [0.15, 0.2) is 0 Å². The highest BCUT2D eigenvalue weighted by Gasteiger charge is 2.09. The third kappa shape index (κ3) is 2.75. The Kier molecular flexibility index (Phi) is 4.07. The topological polar surface area (TPSA) is 27.1 Å². The van der Waals surface area contributed by atoms with Crippen LogP contribution in [-0.4, -0.2) is 16.7 Å². The summed E-state index contributed by atoms with van der Waals surface area (Å²) in [6.07, 6.45) is 1.92. The second kappa shape index (κ2) is 5.57. The molecule has 2 aromatic rings. The highest BCUT2D eigenvalue weighted by molar-refractivity contribution is 9.10. The van der Waals surface area contributed by atoms with Crippen LogP contribution in [0.3, 0.4) is 0 Å². The third-order valence-electron chi connectivity index (χ3n) is 3.12. The van der Waals surface area contributed by atoms with E-state index in [2.05, 4.69) is 37.6 Å². The zero-order valence-electron chi connectivity index (χ0n) is 10.9. The van der Waals surface area contributed by atoms with E-state index >= 15 is 0 Å². The Bertz CT molecular complexity index is 531. The molecule has 0 aliphatic carbocycles. The second-order valence-corrected chi connectivity index (χ2v) is 5.05. The van der Waals surface area contributed by atoms with Crippen molar-refractivity contribution in [3.63, 3.8) is 0 Å². The molecule has 0 radical (unpaired) electrons. The van der Waals surface area contributed by atoms with Crippen molar-refractivity contribution < 1.29 is 4.74 Å². The van der Waals surface area contributed by atoms with Crippen LogP contribution in [0.25, 0.3) is 0 Å². The molecule has 0 aliphatic heterocycles. The Morgan fingerprint density at radius 3 is 2.39 bits per heavy atom. The van der Waals surface area contributed by atoms with Crippen molar-refractivity contribution in [1.29, 1.82) is 0 Å². The molecule has 0 unspecified atom stereocenters. The lowest BCUT2D eigenvalue weighted by Crippen LogP contribution is -1.94. The van der Waals surface area contributed by atoms with Gasteiger partial charge in [0.2, 0.25) is 0 Å². The summed E-state index contributed by atoms with van der Waals surface area (Å²) in [5.41, 5.74) is 2.41. The number of benzene rings is 1. The fraction of sp³-hybridized carbons (Fsp3) is 0.357. The Balaban J connectivity index is 2.04. The highest BCUT2D eigenvalue weighted by atomic mass is 79.9. The number of aryl methyl sites for hydroxylation is 3. The number of imidazole rings is 1. The third-order valence-corrected chi connectivity index (χ3v) is 4.11. The lowest BCUT2D eigenvalue weighted by atomic mass is 10.1. The Morgan fingerprint density at radius 2 is 1.89 bits per heavy atom. The number of ether oxygens (including phenoxy) is 1. The molecule has 1 aromatic heterocycles. The minimum absolute atomic E-state index is 0.897. The molecule has 0 saturated heterocycles. The molecule has 3 nitrogen and oxygen atoms in total. The van der Waals surface area contributed by atoms with E-state index in [1.54, 1.807) is 7.11 Å². The maximum absolute atomic E-state index is 5.15. The van der Waals surface area contributed by atoms with Gasteiger partial charge < -0.3 is 9.30 Å². The standard InChI is InChI=1S/C14H17BrN2O/c1-10-16-13(14(15)17(10)2)9-6-11-4-7-12(18-3)8-5-11/h4-5,7-8H,6,9H2,1-3H3. The molecule has 18 heavy (non-hydrogen) atoms. The largest absolute Gasteiger partial charge is 0.497 e. The Morgan fingerprint density at radius 1 is 1.22 bits per heavy atom. The predicted octanol–water partition coefficient (Wildman–Crippen LogP) is 3.28. The molecule has 0 aliphatic rings. The molecule has 0 fully saturated rings. The van der Waals surface area contributed by atoms with Crippen LogP contribution < -0.4 is 4.74 Å². The SMILES string of the molecule is COc1ccc(CCc2nc(C)n(C)c2Br)cc1. The molecule has 0 spiro atoms. The summed E-state index contributed by atoms with van der Waals surface area (Å²) in [6.45, 7) is 2.02. The summed E-state index contributed by atoms with van der Waals surface area (Å²) < 4.78 is 8.28. The lowest BCUT2D eigenvalue weighted by molar-refractivity contribution is 0.414. The van der Waals surface area contributed by atoms with Crippen LogP contribution in [0.15, 0.2) is 28.9 Å². The normalized spacial score (nSPS) is 10.7. The molecule has 96 valence electrons. The average Bonchev–Trinajstić information content (AvgIpc) is 2.64. The smallest absolute Gasteiger partial charge is 0.118 e. The molecule has 1 heterocycles. The number of aromatic nitrogens is 2. The second-order valence-electron chi connectivity index (χ2n) is 4.30. The minimum Gasteiger partial charge on any atom is -0.497 e. The van der Waals surface area contributed by atoms with Gasteiger partial charge >= 0.3 is 0 Å². The number of rotatable bonds is 4. The molecular weight excluding hydrogens is 292 g/mol. The van der Waals surface area contributed by atoms with Gasteiger partial charge in [0.05, 0.1) is 12.8 Å². The van der Waals surface area contributed by atoms with Crippen LogP contribution in [0.5, 0.6) is 5.75 Å². The zero-order chi connectivity index (χ0) is 13.1. The first-order valence-corrected chi connectivity index (χ1v) is 6.71. The molecule has 0 amide bonds. The van der Waals surface area contributed by atoms with E-state index in [4.69, 9.17) is 4.74 Å². The summed E-state index contributed by atoms with van der Waals surface area (Å²) in [4.78, 5) is 4.55. The van der Waals surface area contributed by atoms with E-state index in [0.717, 1.165) is 34.7 Å². The van der Waals surface area contributed by atoms with Crippen LogP contribution in [-0.2, 0) is 19.9 Å². The van der Waals surface area contributed by atoms with Gasteiger partial charge in [-0.3, -0.25) is 0 Å². The zero-order valence-corrected chi connectivity index (χ0v) is 12.5. The Hall–Kier alpha value is -1.29. The monoisotopic (exact) mass is 308 g/mol. The molecule has 0 N–H and O–H groups in total. The van der Waals surface area contributed by atoms with Crippen molar-refractivity contribution in [2.75, 3.05) is 7.11 Å². The molecular formula is C14H17BrN2O. The highest BCUT2D eigenvalue weighted by Crippen LogP contribution is 2.19. The van der Waals surface area contributed by atoms with Crippen molar-refractivity contribution in [1.82, 2.24) is 9.55 Å². The first-order valence-electron chi connectivity index (χ1n) is 5.92. The molecule has 1 aromatic carbocycles. The summed E-state index contributed by atoms with van der Waals surface area (Å²) in [7, 11) is 3.70. The van der Waals surface area contributed by atoms with Crippen molar-refractivity contribution in [3.05, 3.63) is 46.0 Å². The number of halogens is 1. The summed E-state index contributed by atoms with van der Waals surface area (Å²) in [6, 6.07) is 8.19. The maximum atomic E-state index is 5.15. The summed E-state index contributed by atoms with van der Waals surface area (Å²) >= 11 is 3.58. The van der Waals surface area contributed by atoms with E-state index in [9.17, 15) is 0 Å². The molecule has 0 saturated carbocycles. The van der Waals surface area contributed by atoms with E-state index in [1.807, 2.05) is 26.1 Å².